The van der Waals surface area contributed by atoms with Crippen LogP contribution in [-0.2, 0) is 4.74 Å². The summed E-state index contributed by atoms with van der Waals surface area (Å²) in [5, 5.41) is 4.37. The van der Waals surface area contributed by atoms with E-state index in [1.54, 1.807) is 6.92 Å². The zero-order valence-corrected chi connectivity index (χ0v) is 12.1. The summed E-state index contributed by atoms with van der Waals surface area (Å²) in [4.78, 5) is 23.3. The van der Waals surface area contributed by atoms with E-state index in [1.807, 2.05) is 0 Å². The van der Waals surface area contributed by atoms with Crippen LogP contribution in [0.5, 0.6) is 0 Å². The predicted molar refractivity (Wildman–Crippen MR) is 72.6 cm³/mol. The van der Waals surface area contributed by atoms with Gasteiger partial charge >= 0.3 is 12.1 Å². The van der Waals surface area contributed by atoms with Gasteiger partial charge in [0.25, 0.3) is 5.91 Å². The summed E-state index contributed by atoms with van der Waals surface area (Å²) in [6, 6.07) is 0. The van der Waals surface area contributed by atoms with E-state index in [2.05, 4.69) is 15.4 Å². The molecule has 0 aliphatic heterocycles. The Bertz CT molecular complexity index is 543. The largest absolute Gasteiger partial charge is 0.465 e. The van der Waals surface area contributed by atoms with Crippen LogP contribution in [0.25, 0.3) is 0 Å². The summed E-state index contributed by atoms with van der Waals surface area (Å²) in [5.74, 6) is -1.48. The number of nitrogens with one attached hydrogen (secondary N) is 2. The van der Waals surface area contributed by atoms with Crippen LogP contribution in [0.1, 0.15) is 27.0 Å². The summed E-state index contributed by atoms with van der Waals surface area (Å²) in [6.45, 7) is 0.632. The molecule has 4 N–H and O–H groups in total. The molecule has 0 saturated heterocycles. The van der Waals surface area contributed by atoms with Gasteiger partial charge in [0.05, 0.1) is 12.8 Å². The fourth-order valence-electron chi connectivity index (χ4n) is 1.46. The van der Waals surface area contributed by atoms with Gasteiger partial charge in [0, 0.05) is 6.54 Å². The molecule has 0 aromatic carbocycles. The minimum Gasteiger partial charge on any atom is -0.465 e. The highest BCUT2D eigenvalue weighted by molar-refractivity contribution is 7.19. The number of rotatable bonds is 5. The van der Waals surface area contributed by atoms with Crippen molar-refractivity contribution in [1.82, 2.24) is 5.32 Å². The van der Waals surface area contributed by atoms with Crippen molar-refractivity contribution in [3.05, 3.63) is 10.4 Å². The number of alkyl halides is 3. The molecule has 10 heteroatoms. The molecule has 0 fully saturated rings. The molecule has 0 spiro atoms. The van der Waals surface area contributed by atoms with Gasteiger partial charge in [-0.05, 0) is 6.92 Å². The molecule has 1 rings (SSSR count). The maximum absolute atomic E-state index is 12.3. The van der Waals surface area contributed by atoms with Crippen LogP contribution in [-0.4, -0.2) is 38.3 Å². The third-order valence-corrected chi connectivity index (χ3v) is 3.49. The fourth-order valence-corrected chi connectivity index (χ4v) is 2.48. The summed E-state index contributed by atoms with van der Waals surface area (Å²) in [5.41, 5.74) is 5.20. The first-order valence-electron chi connectivity index (χ1n) is 5.80. The number of carbonyl (C=O) groups is 2. The first-order valence-corrected chi connectivity index (χ1v) is 6.62. The van der Waals surface area contributed by atoms with Crippen molar-refractivity contribution in [2.45, 2.75) is 13.1 Å². The van der Waals surface area contributed by atoms with Gasteiger partial charge in [-0.25, -0.2) is 4.79 Å². The number of carbonyl (C=O) groups excluding carboxylic acids is 2. The molecular weight excluding hydrogens is 311 g/mol. The smallest absolute Gasteiger partial charge is 0.405 e. The molecule has 1 heterocycles. The lowest BCUT2D eigenvalue weighted by Gasteiger charge is -2.09. The first kappa shape index (κ1) is 17.1. The van der Waals surface area contributed by atoms with Crippen molar-refractivity contribution in [1.29, 1.82) is 0 Å². The van der Waals surface area contributed by atoms with Crippen molar-refractivity contribution in [3.8, 4) is 0 Å². The van der Waals surface area contributed by atoms with E-state index in [1.165, 1.54) is 0 Å². The fraction of sp³-hybridized carbons (Fsp3) is 0.455. The van der Waals surface area contributed by atoms with E-state index in [9.17, 15) is 22.8 Å². The minimum atomic E-state index is -4.47. The molecule has 0 saturated carbocycles. The summed E-state index contributed by atoms with van der Waals surface area (Å²) >= 11 is 0.670. The first-order chi connectivity index (χ1) is 9.71. The maximum atomic E-state index is 12.3. The number of anilines is 2. The Hall–Kier alpha value is -1.97. The molecule has 1 aromatic heterocycles. The normalized spacial score (nSPS) is 11.1. The zero-order valence-electron chi connectivity index (χ0n) is 11.3. The monoisotopic (exact) mass is 325 g/mol. The molecule has 0 aliphatic rings. The average Bonchev–Trinajstić information content (AvgIpc) is 2.72. The van der Waals surface area contributed by atoms with Crippen molar-refractivity contribution in [2.24, 2.45) is 0 Å². The molecule has 0 atom stereocenters. The molecule has 0 aliphatic carbocycles. The van der Waals surface area contributed by atoms with Crippen LogP contribution in [0.3, 0.4) is 0 Å². The topological polar surface area (TPSA) is 93.5 Å². The van der Waals surface area contributed by atoms with Crippen LogP contribution >= 0.6 is 11.3 Å². The van der Waals surface area contributed by atoms with Gasteiger partial charge in [-0.3, -0.25) is 4.79 Å². The molecule has 1 amide bonds. The molecule has 0 unspecified atom stereocenters. The van der Waals surface area contributed by atoms with E-state index < -0.39 is 24.6 Å². The second-order valence-electron chi connectivity index (χ2n) is 3.87. The molecular formula is C11H14F3N3O3S. The lowest BCUT2D eigenvalue weighted by molar-refractivity contribution is -0.115. The van der Waals surface area contributed by atoms with Crippen LogP contribution in [0.15, 0.2) is 0 Å². The molecule has 1 aromatic rings. The lowest BCUT2D eigenvalue weighted by atomic mass is 10.2. The van der Waals surface area contributed by atoms with Gasteiger partial charge in [0.15, 0.2) is 0 Å². The van der Waals surface area contributed by atoms with Crippen molar-refractivity contribution in [3.63, 3.8) is 0 Å². The Morgan fingerprint density at radius 2 is 2.00 bits per heavy atom. The predicted octanol–water partition coefficient (Wildman–Crippen LogP) is 1.84. The minimum absolute atomic E-state index is 0.0399. The molecule has 21 heavy (non-hydrogen) atoms. The SMILES string of the molecule is CCNC(=O)c1sc(NCC(F)(F)F)c(C(=O)OC)c1N. The Labute approximate surface area is 122 Å². The second-order valence-corrected chi connectivity index (χ2v) is 4.89. The maximum Gasteiger partial charge on any atom is 0.405 e. The number of hydrogen-bond donors (Lipinski definition) is 3. The van der Waals surface area contributed by atoms with Crippen LogP contribution in [0.2, 0.25) is 0 Å². The number of ether oxygens (including phenoxy) is 1. The highest BCUT2D eigenvalue weighted by Crippen LogP contribution is 2.36. The number of nitrogen functional groups attached to an aromatic ring is 1. The lowest BCUT2D eigenvalue weighted by Crippen LogP contribution is -2.22. The Morgan fingerprint density at radius 3 is 2.48 bits per heavy atom. The summed E-state index contributed by atoms with van der Waals surface area (Å²) < 4.78 is 41.3. The van der Waals surface area contributed by atoms with Gasteiger partial charge < -0.3 is 21.1 Å². The number of amides is 1. The summed E-state index contributed by atoms with van der Waals surface area (Å²) in [7, 11) is 1.07. The highest BCUT2D eigenvalue weighted by atomic mass is 32.1. The third kappa shape index (κ3) is 4.25. The van der Waals surface area contributed by atoms with E-state index in [0.29, 0.717) is 17.9 Å². The van der Waals surface area contributed by atoms with Gasteiger partial charge in [-0.15, -0.1) is 11.3 Å². The van der Waals surface area contributed by atoms with E-state index in [4.69, 9.17) is 5.73 Å². The van der Waals surface area contributed by atoms with E-state index in [0.717, 1.165) is 7.11 Å². The number of esters is 1. The Kier molecular flexibility index (Phi) is 5.41. The molecule has 6 nitrogen and oxygen atoms in total. The van der Waals surface area contributed by atoms with Crippen LogP contribution in [0, 0.1) is 0 Å². The highest BCUT2D eigenvalue weighted by Gasteiger charge is 2.31. The van der Waals surface area contributed by atoms with Crippen molar-refractivity contribution < 1.29 is 27.5 Å². The quantitative estimate of drug-likeness (QED) is 0.718. The van der Waals surface area contributed by atoms with Gasteiger partial charge in [0.2, 0.25) is 0 Å². The molecule has 118 valence electrons. The van der Waals surface area contributed by atoms with Gasteiger partial charge in [0.1, 0.15) is 22.0 Å². The Balaban J connectivity index is 3.18. The van der Waals surface area contributed by atoms with Crippen molar-refractivity contribution >= 4 is 33.9 Å². The van der Waals surface area contributed by atoms with Gasteiger partial charge in [-0.2, -0.15) is 13.2 Å². The van der Waals surface area contributed by atoms with Crippen LogP contribution in [0.4, 0.5) is 23.9 Å². The number of halogens is 3. The average molecular weight is 325 g/mol. The number of thiophene rings is 1. The summed E-state index contributed by atoms with van der Waals surface area (Å²) in [6.07, 6.45) is -4.47. The number of nitrogens with two attached hydrogens (primary N) is 1. The third-order valence-electron chi connectivity index (χ3n) is 2.33. The molecule has 0 radical (unpaired) electrons. The molecule has 0 bridgehead atoms. The standard InChI is InChI=1S/C11H14F3N3O3S/c1-3-16-8(18)7-6(15)5(10(19)20-2)9(21-7)17-4-11(12,13)14/h17H,3-4,15H2,1-2H3,(H,16,18). The second kappa shape index (κ2) is 6.66. The Morgan fingerprint density at radius 1 is 1.38 bits per heavy atom. The van der Waals surface area contributed by atoms with Gasteiger partial charge in [-0.1, -0.05) is 0 Å². The van der Waals surface area contributed by atoms with E-state index >= 15 is 0 Å². The number of hydrogen-bond acceptors (Lipinski definition) is 6. The van der Waals surface area contributed by atoms with Crippen molar-refractivity contribution in [2.75, 3.05) is 31.2 Å². The van der Waals surface area contributed by atoms with Crippen LogP contribution < -0.4 is 16.4 Å². The van der Waals surface area contributed by atoms with E-state index in [-0.39, 0.29) is 21.1 Å². The zero-order chi connectivity index (χ0) is 16.2. The number of methoxy groups -OCH3 is 1.